The molecule has 4 heteroatoms. The van der Waals surface area contributed by atoms with Gasteiger partial charge >= 0.3 is 0 Å². The number of carbonyl (C=O) groups excluding carboxylic acids is 1. The highest BCUT2D eigenvalue weighted by atomic mass is 16.3. The summed E-state index contributed by atoms with van der Waals surface area (Å²) in [5, 5.41) is 23.1. The van der Waals surface area contributed by atoms with Gasteiger partial charge in [-0.25, -0.2) is 0 Å². The maximum atomic E-state index is 12.5. The van der Waals surface area contributed by atoms with Crippen molar-refractivity contribution in [1.29, 1.82) is 0 Å². The smallest absolute Gasteiger partial charge is 0.220 e. The molecule has 1 amide bonds. The number of allylic oxidation sites excluding steroid dienone is 19. The summed E-state index contributed by atoms with van der Waals surface area (Å²) in [7, 11) is 0. The molecule has 0 aromatic carbocycles. The van der Waals surface area contributed by atoms with Gasteiger partial charge in [0.1, 0.15) is 0 Å². The minimum absolute atomic E-state index is 0.119. The number of unbranched alkanes of at least 4 members (excludes halogenated alkanes) is 28. The summed E-state index contributed by atoms with van der Waals surface area (Å²) in [5.41, 5.74) is 0. The quantitative estimate of drug-likeness (QED) is 0.0420. The van der Waals surface area contributed by atoms with Crippen LogP contribution in [-0.2, 0) is 4.79 Å². The third kappa shape index (κ3) is 55.7. The van der Waals surface area contributed by atoms with Gasteiger partial charge in [-0.05, 0) is 96.3 Å². The molecule has 0 aromatic rings. The SMILES string of the molecule is CC/C=C\C/C=C\C/C=C\C/C=C\C/C=C\C/C=C\C/C=C\C/C=C\CCCCC(=O)NC(CO)C(O)/C=C/CC/C=C/CCCCCCCCCCCCCCCCCCCCCCCCCCC. The van der Waals surface area contributed by atoms with E-state index in [1.807, 2.05) is 6.08 Å². The van der Waals surface area contributed by atoms with Crippen molar-refractivity contribution in [2.24, 2.45) is 0 Å². The van der Waals surface area contributed by atoms with Gasteiger partial charge in [0, 0.05) is 6.42 Å². The van der Waals surface area contributed by atoms with Gasteiger partial charge in [-0.15, -0.1) is 0 Å². The Bertz CT molecular complexity index is 1380. The molecule has 0 heterocycles. The van der Waals surface area contributed by atoms with E-state index in [0.29, 0.717) is 6.42 Å². The maximum Gasteiger partial charge on any atom is 0.220 e. The van der Waals surface area contributed by atoms with E-state index in [1.54, 1.807) is 6.08 Å². The number of amides is 1. The van der Waals surface area contributed by atoms with Crippen LogP contribution in [0.3, 0.4) is 0 Å². The van der Waals surface area contributed by atoms with Gasteiger partial charge in [-0.3, -0.25) is 4.79 Å². The monoisotopic (exact) mass is 968 g/mol. The number of rotatable bonds is 53. The molecule has 70 heavy (non-hydrogen) atoms. The van der Waals surface area contributed by atoms with Gasteiger partial charge in [0.25, 0.3) is 0 Å². The van der Waals surface area contributed by atoms with E-state index in [-0.39, 0.29) is 12.5 Å². The molecule has 2 atom stereocenters. The first-order valence-electron chi connectivity index (χ1n) is 29.7. The molecule has 0 aliphatic heterocycles. The van der Waals surface area contributed by atoms with Gasteiger partial charge in [-0.2, -0.15) is 0 Å². The van der Waals surface area contributed by atoms with Crippen LogP contribution in [0, 0.1) is 0 Å². The van der Waals surface area contributed by atoms with Crippen LogP contribution in [0.2, 0.25) is 0 Å². The molecule has 0 radical (unpaired) electrons. The molecule has 0 spiro atoms. The Morgan fingerprint density at radius 2 is 0.643 bits per heavy atom. The fourth-order valence-electron chi connectivity index (χ4n) is 8.45. The average Bonchev–Trinajstić information content (AvgIpc) is 3.36. The maximum absolute atomic E-state index is 12.5. The van der Waals surface area contributed by atoms with E-state index in [1.165, 1.54) is 161 Å². The third-order valence-electron chi connectivity index (χ3n) is 12.9. The van der Waals surface area contributed by atoms with Crippen LogP contribution in [0.25, 0.3) is 0 Å². The summed E-state index contributed by atoms with van der Waals surface area (Å²) < 4.78 is 0. The second-order valence-corrected chi connectivity index (χ2v) is 19.7. The fourth-order valence-corrected chi connectivity index (χ4v) is 8.45. The summed E-state index contributed by atoms with van der Waals surface area (Å²) in [5.74, 6) is -0.119. The zero-order valence-corrected chi connectivity index (χ0v) is 46.0. The van der Waals surface area contributed by atoms with E-state index < -0.39 is 12.1 Å². The second-order valence-electron chi connectivity index (χ2n) is 19.7. The lowest BCUT2D eigenvalue weighted by Gasteiger charge is -2.19. The average molecular weight is 969 g/mol. The molecule has 4 nitrogen and oxygen atoms in total. The summed E-state index contributed by atoms with van der Waals surface area (Å²) in [6, 6.07) is -0.674. The van der Waals surface area contributed by atoms with Crippen molar-refractivity contribution in [3.8, 4) is 0 Å². The van der Waals surface area contributed by atoms with Crippen LogP contribution >= 0.6 is 0 Å². The highest BCUT2D eigenvalue weighted by molar-refractivity contribution is 5.76. The van der Waals surface area contributed by atoms with Crippen molar-refractivity contribution < 1.29 is 15.0 Å². The van der Waals surface area contributed by atoms with E-state index in [4.69, 9.17) is 0 Å². The number of nitrogens with one attached hydrogen (secondary N) is 1. The number of aliphatic hydroxyl groups is 2. The Hall–Kier alpha value is -3.21. The Kier molecular flexibility index (Phi) is 57.3. The molecule has 400 valence electrons. The minimum atomic E-state index is -0.892. The number of carbonyl (C=O) groups is 1. The summed E-state index contributed by atoms with van der Waals surface area (Å²) >= 11 is 0. The van der Waals surface area contributed by atoms with Crippen LogP contribution in [0.5, 0.6) is 0 Å². The lowest BCUT2D eigenvalue weighted by Crippen LogP contribution is -2.45. The zero-order valence-electron chi connectivity index (χ0n) is 46.0. The molecule has 0 rings (SSSR count). The largest absolute Gasteiger partial charge is 0.394 e. The summed E-state index contributed by atoms with van der Waals surface area (Å²) in [6.07, 6.45) is 92.3. The Labute approximate surface area is 435 Å². The number of aliphatic hydroxyl groups excluding tert-OH is 2. The van der Waals surface area contributed by atoms with Crippen LogP contribution in [0.15, 0.2) is 122 Å². The van der Waals surface area contributed by atoms with Crippen molar-refractivity contribution in [2.75, 3.05) is 6.61 Å². The van der Waals surface area contributed by atoms with Crippen molar-refractivity contribution in [2.45, 2.75) is 283 Å². The molecule has 3 N–H and O–H groups in total. The van der Waals surface area contributed by atoms with E-state index >= 15 is 0 Å². The van der Waals surface area contributed by atoms with E-state index in [2.05, 4.69) is 129 Å². The second kappa shape index (κ2) is 60.1. The first kappa shape index (κ1) is 66.8. The molecular weight excluding hydrogens is 855 g/mol. The highest BCUT2D eigenvalue weighted by Gasteiger charge is 2.17. The van der Waals surface area contributed by atoms with Crippen LogP contribution < -0.4 is 5.32 Å². The first-order chi connectivity index (χ1) is 34.7. The Balaban J connectivity index is 3.64. The van der Waals surface area contributed by atoms with Crippen LogP contribution in [-0.4, -0.2) is 34.9 Å². The lowest BCUT2D eigenvalue weighted by atomic mass is 10.0. The summed E-state index contributed by atoms with van der Waals surface area (Å²) in [4.78, 5) is 12.5. The predicted octanol–water partition coefficient (Wildman–Crippen LogP) is 20.0. The van der Waals surface area contributed by atoms with Crippen molar-refractivity contribution in [3.63, 3.8) is 0 Å². The molecule has 0 saturated heterocycles. The molecule has 0 saturated carbocycles. The van der Waals surface area contributed by atoms with Crippen molar-refractivity contribution >= 4 is 5.91 Å². The molecular formula is C66H113NO3. The minimum Gasteiger partial charge on any atom is -0.394 e. The molecule has 0 aromatic heterocycles. The first-order valence-corrected chi connectivity index (χ1v) is 29.7. The van der Waals surface area contributed by atoms with Gasteiger partial charge < -0.3 is 15.5 Å². The summed E-state index contributed by atoms with van der Waals surface area (Å²) in [6.45, 7) is 4.18. The van der Waals surface area contributed by atoms with E-state index in [0.717, 1.165) is 89.9 Å². The number of hydrogen-bond acceptors (Lipinski definition) is 3. The Morgan fingerprint density at radius 1 is 0.357 bits per heavy atom. The molecule has 0 bridgehead atoms. The van der Waals surface area contributed by atoms with Gasteiger partial charge in [0.2, 0.25) is 5.91 Å². The standard InChI is InChI=1S/C66H113NO3/c1-3-5-7-9-11-13-15-17-19-21-23-25-27-29-31-32-33-34-36-37-39-41-43-45-47-49-51-53-55-57-59-61-65(69)64(63-68)67-66(70)62-60-58-56-54-52-50-48-46-44-42-40-38-35-30-28-26-24-22-20-18-16-14-12-10-8-6-4-2/h6,8,12,14,18,20,24,26,30,35,40,42,46,48,51-54,59,61,64-65,68-69H,3-5,7,9-11,13,15-17,19,21-23,25,27-29,31-34,36-39,41,43-45,47,49-50,55-58,60,62-63H2,1-2H3,(H,67,70)/b8-6-,14-12-,20-18-,26-24-,35-30-,42-40-,48-46-,53-51+,54-52-,61-59+. The van der Waals surface area contributed by atoms with Crippen LogP contribution in [0.1, 0.15) is 271 Å². The van der Waals surface area contributed by atoms with Gasteiger partial charge in [0.05, 0.1) is 18.8 Å². The molecule has 0 aliphatic carbocycles. The molecule has 0 aliphatic rings. The van der Waals surface area contributed by atoms with Gasteiger partial charge in [0.15, 0.2) is 0 Å². The van der Waals surface area contributed by atoms with Crippen molar-refractivity contribution in [3.05, 3.63) is 122 Å². The number of hydrogen-bond donors (Lipinski definition) is 3. The lowest BCUT2D eigenvalue weighted by molar-refractivity contribution is -0.123. The zero-order chi connectivity index (χ0) is 50.6. The van der Waals surface area contributed by atoms with Crippen molar-refractivity contribution in [1.82, 2.24) is 5.32 Å². The molecule has 2 unspecified atom stereocenters. The van der Waals surface area contributed by atoms with Crippen LogP contribution in [0.4, 0.5) is 0 Å². The van der Waals surface area contributed by atoms with E-state index in [9.17, 15) is 15.0 Å². The molecule has 0 fully saturated rings. The normalized spacial score (nSPS) is 13.7. The topological polar surface area (TPSA) is 69.6 Å². The third-order valence-corrected chi connectivity index (χ3v) is 12.9. The Morgan fingerprint density at radius 3 is 1.00 bits per heavy atom. The highest BCUT2D eigenvalue weighted by Crippen LogP contribution is 2.16. The van der Waals surface area contributed by atoms with Gasteiger partial charge in [-0.1, -0.05) is 289 Å². The fraction of sp³-hybridized carbons (Fsp3) is 0.682. The predicted molar refractivity (Wildman–Crippen MR) is 312 cm³/mol.